The van der Waals surface area contributed by atoms with Crippen molar-refractivity contribution in [1.82, 2.24) is 4.90 Å². The predicted molar refractivity (Wildman–Crippen MR) is 121 cm³/mol. The van der Waals surface area contributed by atoms with Gasteiger partial charge in [0, 0.05) is 25.0 Å². The first-order valence-electron chi connectivity index (χ1n) is 12.0. The first kappa shape index (κ1) is 22.7. The largest absolute Gasteiger partial charge is 0.872 e. The minimum Gasteiger partial charge on any atom is -0.872 e. The lowest BCUT2D eigenvalue weighted by Gasteiger charge is -2.27. The average Bonchev–Trinajstić information content (AvgIpc) is 3.49. The number of nitrogens with zero attached hydrogens (tertiary/aromatic N) is 1. The zero-order chi connectivity index (χ0) is 23.8. The van der Waals surface area contributed by atoms with Crippen LogP contribution in [0.3, 0.4) is 0 Å². The summed E-state index contributed by atoms with van der Waals surface area (Å²) in [6, 6.07) is 7.93. The van der Waals surface area contributed by atoms with Crippen molar-refractivity contribution >= 4 is 17.4 Å². The standard InChI is InChI=1S/C26H30N2O6/c1-16-4-6-21(33-16)23-22(24(29)18-5-7-20-19(15-18)14-17(2)34-20)25(30)26(31)28(23)9-3-8-27-10-12-32-13-11-27/h4-7,15,17,23,29H,3,8-14H2,1-2H3. The molecule has 3 aliphatic heterocycles. The van der Waals surface area contributed by atoms with Gasteiger partial charge in [0.2, 0.25) is 5.78 Å². The Hall–Kier alpha value is -3.10. The predicted octanol–water partition coefficient (Wildman–Crippen LogP) is 0.441. The number of ketones is 1. The van der Waals surface area contributed by atoms with Crippen LogP contribution in [0.4, 0.5) is 0 Å². The minimum atomic E-state index is -0.815. The van der Waals surface area contributed by atoms with Crippen molar-refractivity contribution in [2.75, 3.05) is 39.4 Å². The Morgan fingerprint density at radius 3 is 2.71 bits per heavy atom. The number of quaternary nitrogens is 1. The molecule has 2 atom stereocenters. The number of likely N-dealkylation sites (tertiary alicyclic amines) is 1. The van der Waals surface area contributed by atoms with E-state index in [1.54, 1.807) is 37.3 Å². The van der Waals surface area contributed by atoms with Gasteiger partial charge in [0.05, 0.1) is 19.8 Å². The summed E-state index contributed by atoms with van der Waals surface area (Å²) in [5.74, 6) is 0.0478. The number of carbonyl (C=O) groups is 2. The van der Waals surface area contributed by atoms with Crippen molar-refractivity contribution in [3.05, 3.63) is 58.6 Å². The molecule has 0 spiro atoms. The van der Waals surface area contributed by atoms with E-state index in [1.165, 1.54) is 9.80 Å². The Kier molecular flexibility index (Phi) is 6.18. The van der Waals surface area contributed by atoms with Crippen LogP contribution in [0.1, 0.15) is 42.0 Å². The molecule has 2 unspecified atom stereocenters. The highest BCUT2D eigenvalue weighted by molar-refractivity contribution is 6.46. The number of hydrogen-bond acceptors (Lipinski definition) is 6. The second-order valence-corrected chi connectivity index (χ2v) is 9.34. The molecule has 2 aromatic rings. The lowest BCUT2D eigenvalue weighted by Crippen LogP contribution is -3.14. The maximum Gasteiger partial charge on any atom is 0.295 e. The molecular formula is C26H30N2O6. The van der Waals surface area contributed by atoms with Gasteiger partial charge in [-0.05, 0) is 49.2 Å². The van der Waals surface area contributed by atoms with Crippen LogP contribution in [0.5, 0.6) is 5.75 Å². The van der Waals surface area contributed by atoms with E-state index in [-0.39, 0.29) is 11.7 Å². The van der Waals surface area contributed by atoms with Gasteiger partial charge in [-0.1, -0.05) is 11.8 Å². The number of amides is 1. The summed E-state index contributed by atoms with van der Waals surface area (Å²) in [6.07, 6.45) is 1.47. The fourth-order valence-electron chi connectivity index (χ4n) is 5.13. The summed E-state index contributed by atoms with van der Waals surface area (Å²) >= 11 is 0. The van der Waals surface area contributed by atoms with E-state index in [0.29, 0.717) is 30.0 Å². The van der Waals surface area contributed by atoms with Gasteiger partial charge in [0.1, 0.15) is 42.5 Å². The Labute approximate surface area is 198 Å². The fraction of sp³-hybridized carbons (Fsp3) is 0.462. The van der Waals surface area contributed by atoms with E-state index < -0.39 is 23.5 Å². The van der Waals surface area contributed by atoms with Crippen LogP contribution in [-0.4, -0.2) is 62.1 Å². The third-order valence-electron chi connectivity index (χ3n) is 6.85. The van der Waals surface area contributed by atoms with E-state index >= 15 is 0 Å². The van der Waals surface area contributed by atoms with Crippen molar-refractivity contribution in [1.29, 1.82) is 0 Å². The van der Waals surface area contributed by atoms with Gasteiger partial charge in [-0.25, -0.2) is 0 Å². The normalized spacial score (nSPS) is 24.5. The van der Waals surface area contributed by atoms with Gasteiger partial charge >= 0.3 is 0 Å². The molecule has 5 rings (SSSR count). The third-order valence-corrected chi connectivity index (χ3v) is 6.85. The molecule has 0 aliphatic carbocycles. The monoisotopic (exact) mass is 466 g/mol. The summed E-state index contributed by atoms with van der Waals surface area (Å²) in [7, 11) is 0. The number of hydrogen-bond donors (Lipinski definition) is 1. The first-order chi connectivity index (χ1) is 16.4. The number of aryl methyl sites for hydroxylation is 1. The van der Waals surface area contributed by atoms with Crippen molar-refractivity contribution in [3.63, 3.8) is 0 Å². The third kappa shape index (κ3) is 4.23. The number of rotatable bonds is 6. The summed E-state index contributed by atoms with van der Waals surface area (Å²) in [5.41, 5.74) is 1.29. The van der Waals surface area contributed by atoms with Gasteiger partial charge < -0.3 is 28.8 Å². The number of furan rings is 1. The van der Waals surface area contributed by atoms with Crippen molar-refractivity contribution in [3.8, 4) is 5.75 Å². The highest BCUT2D eigenvalue weighted by atomic mass is 16.5. The van der Waals surface area contributed by atoms with Gasteiger partial charge in [-0.3, -0.25) is 9.59 Å². The van der Waals surface area contributed by atoms with E-state index in [9.17, 15) is 14.7 Å². The summed E-state index contributed by atoms with van der Waals surface area (Å²) < 4.78 is 17.0. The van der Waals surface area contributed by atoms with Crippen molar-refractivity contribution in [2.45, 2.75) is 38.8 Å². The van der Waals surface area contributed by atoms with Crippen LogP contribution >= 0.6 is 0 Å². The smallest absolute Gasteiger partial charge is 0.295 e. The van der Waals surface area contributed by atoms with Gasteiger partial charge in [0.25, 0.3) is 5.91 Å². The maximum atomic E-state index is 13.6. The van der Waals surface area contributed by atoms with E-state index in [1.807, 2.05) is 6.92 Å². The first-order valence-corrected chi connectivity index (χ1v) is 12.0. The Bertz CT molecular complexity index is 1130. The Morgan fingerprint density at radius 2 is 1.97 bits per heavy atom. The fourth-order valence-corrected chi connectivity index (χ4v) is 5.13. The number of morpholine rings is 1. The second-order valence-electron chi connectivity index (χ2n) is 9.34. The van der Waals surface area contributed by atoms with Gasteiger partial charge in [0.15, 0.2) is 0 Å². The number of carbonyl (C=O) groups excluding carboxylic acids is 2. The topological polar surface area (TPSA) is 96.5 Å². The SMILES string of the molecule is Cc1ccc(C2C(=C([O-])c3ccc4c(c3)CC(C)O4)C(=O)C(=O)N2CCC[NH+]2CCOCC2)o1. The molecule has 3 aliphatic rings. The summed E-state index contributed by atoms with van der Waals surface area (Å²) in [4.78, 5) is 29.1. The lowest BCUT2D eigenvalue weighted by molar-refractivity contribution is -0.908. The van der Waals surface area contributed by atoms with Crippen LogP contribution in [0.25, 0.3) is 5.76 Å². The van der Waals surface area contributed by atoms with Gasteiger partial charge in [-0.15, -0.1) is 0 Å². The molecule has 0 saturated carbocycles. The van der Waals surface area contributed by atoms with Crippen LogP contribution in [0.2, 0.25) is 0 Å². The maximum absolute atomic E-state index is 13.6. The molecule has 8 heteroatoms. The molecular weight excluding hydrogens is 436 g/mol. The van der Waals surface area contributed by atoms with Crippen LogP contribution < -0.4 is 14.7 Å². The van der Waals surface area contributed by atoms with Gasteiger partial charge in [-0.2, -0.15) is 0 Å². The van der Waals surface area contributed by atoms with E-state index in [2.05, 4.69) is 0 Å². The molecule has 8 nitrogen and oxygen atoms in total. The molecule has 1 amide bonds. The number of Topliss-reactive ketones (excluding diaryl/α,β-unsaturated/α-hetero) is 1. The molecule has 2 saturated heterocycles. The zero-order valence-corrected chi connectivity index (χ0v) is 19.6. The number of fused-ring (bicyclic) bond motifs is 1. The molecule has 1 aromatic heterocycles. The molecule has 2 fully saturated rings. The summed E-state index contributed by atoms with van der Waals surface area (Å²) in [5, 5.41) is 13.6. The quantitative estimate of drug-likeness (QED) is 0.377. The molecule has 4 heterocycles. The minimum absolute atomic E-state index is 0.0371. The Balaban J connectivity index is 1.46. The van der Waals surface area contributed by atoms with E-state index in [0.717, 1.165) is 50.6 Å². The number of ether oxygens (including phenoxy) is 2. The molecule has 1 aromatic carbocycles. The average molecular weight is 467 g/mol. The lowest BCUT2D eigenvalue weighted by atomic mass is 9.97. The number of benzene rings is 1. The Morgan fingerprint density at radius 1 is 1.18 bits per heavy atom. The molecule has 180 valence electrons. The molecule has 0 bridgehead atoms. The molecule has 0 radical (unpaired) electrons. The molecule has 1 N–H and O–H groups in total. The summed E-state index contributed by atoms with van der Waals surface area (Å²) in [6.45, 7) is 8.37. The van der Waals surface area contributed by atoms with Crippen molar-refractivity contribution in [2.24, 2.45) is 0 Å². The van der Waals surface area contributed by atoms with E-state index in [4.69, 9.17) is 13.9 Å². The van der Waals surface area contributed by atoms with Crippen LogP contribution in [0, 0.1) is 6.92 Å². The number of nitrogens with one attached hydrogen (secondary N) is 1. The second kappa shape index (κ2) is 9.27. The van der Waals surface area contributed by atoms with Crippen LogP contribution in [0.15, 0.2) is 40.3 Å². The zero-order valence-electron chi connectivity index (χ0n) is 19.6. The highest BCUT2D eigenvalue weighted by Crippen LogP contribution is 2.40. The van der Waals surface area contributed by atoms with Crippen LogP contribution in [-0.2, 0) is 20.7 Å². The van der Waals surface area contributed by atoms with Crippen molar-refractivity contribution < 1.29 is 33.5 Å². The molecule has 34 heavy (non-hydrogen) atoms. The highest BCUT2D eigenvalue weighted by Gasteiger charge is 2.45.